The monoisotopic (exact) mass is 518 g/mol. The third kappa shape index (κ3) is 3.86. The Hall–Kier alpha value is -2.91. The second kappa shape index (κ2) is 9.03. The quantitative estimate of drug-likeness (QED) is 0.183. The molecule has 6 rings (SSSR count). The maximum atomic E-state index is 13.6. The van der Waals surface area contributed by atoms with E-state index >= 15 is 0 Å². The summed E-state index contributed by atoms with van der Waals surface area (Å²) in [6, 6.07) is 23.5. The lowest BCUT2D eigenvalue weighted by Crippen LogP contribution is -2.30. The van der Waals surface area contributed by atoms with E-state index < -0.39 is 0 Å². The fourth-order valence-corrected chi connectivity index (χ4v) is 6.80. The summed E-state index contributed by atoms with van der Waals surface area (Å²) in [5.41, 5.74) is 4.32. The number of benzene rings is 3. The van der Waals surface area contributed by atoms with Gasteiger partial charge in [0, 0.05) is 20.4 Å². The van der Waals surface area contributed by atoms with Crippen molar-refractivity contribution in [3.63, 3.8) is 0 Å². The number of carbonyl (C=O) groups excluding carboxylic acids is 1. The van der Waals surface area contributed by atoms with Crippen LogP contribution in [0.3, 0.4) is 0 Å². The van der Waals surface area contributed by atoms with Gasteiger partial charge in [0.2, 0.25) is 5.91 Å². The summed E-state index contributed by atoms with van der Waals surface area (Å²) in [7, 11) is 0. The van der Waals surface area contributed by atoms with Crippen molar-refractivity contribution in [2.75, 3.05) is 10.7 Å². The molecule has 34 heavy (non-hydrogen) atoms. The first kappa shape index (κ1) is 21.6. The Bertz CT molecular complexity index is 1540. The van der Waals surface area contributed by atoms with Crippen molar-refractivity contribution in [3.8, 4) is 11.3 Å². The summed E-state index contributed by atoms with van der Waals surface area (Å²) < 4.78 is 5.51. The van der Waals surface area contributed by atoms with Crippen LogP contribution in [0.25, 0.3) is 21.5 Å². The van der Waals surface area contributed by atoms with E-state index in [2.05, 4.69) is 14.3 Å². The minimum absolute atomic E-state index is 0.0409. The first-order chi connectivity index (χ1) is 16.7. The maximum Gasteiger partial charge on any atom is 0.242 e. The number of para-hydroxylation sites is 1. The number of amides is 1. The third-order valence-corrected chi connectivity index (χ3v) is 8.65. The van der Waals surface area contributed by atoms with Crippen molar-refractivity contribution in [3.05, 3.63) is 84.1 Å². The largest absolute Gasteiger partial charge is 0.278 e. The number of thioether (sulfide) groups is 1. The molecule has 2 aromatic heterocycles. The number of hydrogen-bond donors (Lipinski definition) is 0. The topological polar surface area (TPSA) is 59.0 Å². The van der Waals surface area contributed by atoms with Gasteiger partial charge in [-0.15, -0.1) is 0 Å². The molecule has 0 saturated heterocycles. The highest BCUT2D eigenvalue weighted by molar-refractivity contribution is 8.00. The van der Waals surface area contributed by atoms with Crippen LogP contribution < -0.4 is 4.90 Å². The molecule has 0 aliphatic carbocycles. The lowest BCUT2D eigenvalue weighted by molar-refractivity contribution is -0.115. The Balaban J connectivity index is 1.32. The van der Waals surface area contributed by atoms with Gasteiger partial charge in [0.15, 0.2) is 0 Å². The van der Waals surface area contributed by atoms with Crippen LogP contribution in [0.5, 0.6) is 0 Å². The lowest BCUT2D eigenvalue weighted by Gasteiger charge is -2.31. The molecule has 166 valence electrons. The van der Waals surface area contributed by atoms with Gasteiger partial charge in [-0.2, -0.15) is 4.37 Å². The van der Waals surface area contributed by atoms with Crippen molar-refractivity contribution in [1.82, 2.24) is 14.3 Å². The van der Waals surface area contributed by atoms with Crippen molar-refractivity contribution in [2.24, 2.45) is 0 Å². The zero-order valence-electron chi connectivity index (χ0n) is 17.5. The molecule has 0 unspecified atom stereocenters. The minimum Gasteiger partial charge on any atom is -0.278 e. The summed E-state index contributed by atoms with van der Waals surface area (Å²) >= 11 is 10.7. The first-order valence-electron chi connectivity index (χ1n) is 10.4. The van der Waals surface area contributed by atoms with Crippen LogP contribution in [0.15, 0.2) is 93.9 Å². The summed E-state index contributed by atoms with van der Waals surface area (Å²) in [6.07, 6.45) is 1.54. The number of fused-ring (bicyclic) bond motifs is 3. The molecule has 5 nitrogen and oxygen atoms in total. The molecule has 0 atom stereocenters. The van der Waals surface area contributed by atoms with E-state index in [1.54, 1.807) is 16.7 Å². The van der Waals surface area contributed by atoms with Gasteiger partial charge in [0.1, 0.15) is 27.3 Å². The Labute approximate surface area is 213 Å². The van der Waals surface area contributed by atoms with Gasteiger partial charge in [0.25, 0.3) is 0 Å². The van der Waals surface area contributed by atoms with Crippen LogP contribution in [0.1, 0.15) is 0 Å². The van der Waals surface area contributed by atoms with Gasteiger partial charge in [-0.05, 0) is 41.9 Å². The van der Waals surface area contributed by atoms with E-state index in [1.807, 2.05) is 72.8 Å². The SMILES string of the molecule is O=C(CSc1ncnc2c(-c3ccccc3)nsc12)N1c2ccccc2Sc2ccc(Cl)cc21. The predicted molar refractivity (Wildman–Crippen MR) is 141 cm³/mol. The van der Waals surface area contributed by atoms with Crippen LogP contribution in [-0.2, 0) is 4.79 Å². The standard InChI is InChI=1S/C25H15ClN4OS3/c26-16-10-11-20-18(12-16)30(17-8-4-5-9-19(17)33-20)21(31)13-32-25-24-23(27-14-28-25)22(29-34-24)15-6-2-1-3-7-15/h1-12,14H,13H2. The number of nitrogens with zero attached hydrogens (tertiary/aromatic N) is 4. The average Bonchev–Trinajstić information content (AvgIpc) is 3.31. The highest BCUT2D eigenvalue weighted by Gasteiger charge is 2.28. The Kier molecular flexibility index (Phi) is 5.74. The lowest BCUT2D eigenvalue weighted by atomic mass is 10.1. The first-order valence-corrected chi connectivity index (χ1v) is 13.3. The summed E-state index contributed by atoms with van der Waals surface area (Å²) in [5, 5.41) is 1.35. The summed E-state index contributed by atoms with van der Waals surface area (Å²) in [4.78, 5) is 26.3. The minimum atomic E-state index is -0.0409. The number of anilines is 2. The molecule has 1 amide bonds. The second-order valence-corrected chi connectivity index (χ2v) is 10.7. The molecular weight excluding hydrogens is 504 g/mol. The van der Waals surface area contributed by atoms with E-state index in [0.717, 1.165) is 47.7 Å². The molecule has 0 N–H and O–H groups in total. The average molecular weight is 519 g/mol. The Morgan fingerprint density at radius 2 is 1.74 bits per heavy atom. The second-order valence-electron chi connectivity index (χ2n) is 7.45. The zero-order valence-corrected chi connectivity index (χ0v) is 20.7. The molecule has 0 spiro atoms. The summed E-state index contributed by atoms with van der Waals surface area (Å²) in [6.45, 7) is 0. The fourth-order valence-electron chi connectivity index (χ4n) is 3.82. The van der Waals surface area contributed by atoms with E-state index in [4.69, 9.17) is 11.6 Å². The van der Waals surface area contributed by atoms with Gasteiger partial charge in [-0.1, -0.05) is 77.6 Å². The molecule has 1 aliphatic rings. The van der Waals surface area contributed by atoms with E-state index in [9.17, 15) is 4.79 Å². The molecule has 9 heteroatoms. The summed E-state index contributed by atoms with van der Waals surface area (Å²) in [5.74, 6) is 0.177. The number of aromatic nitrogens is 3. The molecule has 0 saturated carbocycles. The van der Waals surface area contributed by atoms with Crippen LogP contribution in [0, 0.1) is 0 Å². The normalized spacial score (nSPS) is 12.4. The number of hydrogen-bond acceptors (Lipinski definition) is 7. The molecule has 3 aromatic carbocycles. The zero-order chi connectivity index (χ0) is 23.1. The maximum absolute atomic E-state index is 13.6. The van der Waals surface area contributed by atoms with Crippen LogP contribution in [-0.4, -0.2) is 26.0 Å². The van der Waals surface area contributed by atoms with Crippen molar-refractivity contribution < 1.29 is 4.79 Å². The molecule has 5 aromatic rings. The molecule has 3 heterocycles. The predicted octanol–water partition coefficient (Wildman–Crippen LogP) is 7.33. The molecule has 0 fully saturated rings. The number of carbonyl (C=O) groups is 1. The van der Waals surface area contributed by atoms with Gasteiger partial charge >= 0.3 is 0 Å². The van der Waals surface area contributed by atoms with Gasteiger partial charge in [-0.25, -0.2) is 9.97 Å². The van der Waals surface area contributed by atoms with E-state index in [-0.39, 0.29) is 11.7 Å². The Morgan fingerprint density at radius 3 is 2.62 bits per heavy atom. The highest BCUT2D eigenvalue weighted by Crippen LogP contribution is 2.49. The Morgan fingerprint density at radius 1 is 0.941 bits per heavy atom. The van der Waals surface area contributed by atoms with Crippen molar-refractivity contribution in [1.29, 1.82) is 0 Å². The van der Waals surface area contributed by atoms with E-state index in [0.29, 0.717) is 5.02 Å². The number of halogens is 1. The van der Waals surface area contributed by atoms with Gasteiger partial charge in [-0.3, -0.25) is 9.69 Å². The molecule has 0 bridgehead atoms. The van der Waals surface area contributed by atoms with Gasteiger partial charge < -0.3 is 0 Å². The van der Waals surface area contributed by atoms with Gasteiger partial charge in [0.05, 0.1) is 17.1 Å². The highest BCUT2D eigenvalue weighted by atomic mass is 35.5. The number of rotatable bonds is 4. The van der Waals surface area contributed by atoms with E-state index in [1.165, 1.54) is 29.6 Å². The van der Waals surface area contributed by atoms with Crippen LogP contribution in [0.4, 0.5) is 11.4 Å². The van der Waals surface area contributed by atoms with Crippen LogP contribution in [0.2, 0.25) is 5.02 Å². The molecule has 1 aliphatic heterocycles. The smallest absolute Gasteiger partial charge is 0.242 e. The fraction of sp³-hybridized carbons (Fsp3) is 0.0400. The van der Waals surface area contributed by atoms with Crippen molar-refractivity contribution >= 4 is 74.2 Å². The molecule has 0 radical (unpaired) electrons. The van der Waals surface area contributed by atoms with Crippen LogP contribution >= 0.6 is 46.7 Å². The van der Waals surface area contributed by atoms with Crippen molar-refractivity contribution in [2.45, 2.75) is 14.8 Å². The molecular formula is C25H15ClN4OS3. The third-order valence-electron chi connectivity index (χ3n) is 5.34.